The van der Waals surface area contributed by atoms with Crippen molar-refractivity contribution in [3.05, 3.63) is 22.7 Å². The quantitative estimate of drug-likeness (QED) is 0.898. The van der Waals surface area contributed by atoms with Crippen molar-refractivity contribution in [2.45, 2.75) is 25.8 Å². The second-order valence-electron chi connectivity index (χ2n) is 4.91. The molecule has 0 spiro atoms. The van der Waals surface area contributed by atoms with E-state index in [2.05, 4.69) is 33.5 Å². The second-order valence-corrected chi connectivity index (χ2v) is 5.77. The molecule has 2 atom stereocenters. The van der Waals surface area contributed by atoms with E-state index in [1.165, 1.54) is 0 Å². The molecule has 1 fully saturated rings. The third-order valence-corrected chi connectivity index (χ3v) is 4.12. The summed E-state index contributed by atoms with van der Waals surface area (Å²) < 4.78 is 6.04. The molecule has 19 heavy (non-hydrogen) atoms. The summed E-state index contributed by atoms with van der Waals surface area (Å²) in [5.74, 6) is 0.897. The molecular formula is C14H19BrN2O2. The van der Waals surface area contributed by atoms with Crippen LogP contribution in [0.25, 0.3) is 0 Å². The highest BCUT2D eigenvalue weighted by molar-refractivity contribution is 9.10. The molecule has 4 nitrogen and oxygen atoms in total. The predicted molar refractivity (Wildman–Crippen MR) is 79.5 cm³/mol. The topological polar surface area (TPSA) is 50.4 Å². The highest BCUT2D eigenvalue weighted by Gasteiger charge is 2.25. The number of hydrogen-bond donors (Lipinski definition) is 2. The average Bonchev–Trinajstić information content (AvgIpc) is 2.41. The standard InChI is InChI=1S/C14H19BrN2O2/c1-9-7-10(5-6-16-9)14(18)17-13-8-11(19-2)3-4-12(13)15/h3-4,8-10,16H,5-7H2,1-2H3,(H,17,18). The molecule has 1 amide bonds. The molecule has 1 heterocycles. The first-order chi connectivity index (χ1) is 9.10. The maximum atomic E-state index is 12.3. The molecule has 2 N–H and O–H groups in total. The SMILES string of the molecule is COc1ccc(Br)c(NC(=O)C2CCNC(C)C2)c1. The third kappa shape index (κ3) is 3.70. The smallest absolute Gasteiger partial charge is 0.227 e. The van der Waals surface area contributed by atoms with Crippen molar-refractivity contribution in [3.8, 4) is 5.75 Å². The minimum atomic E-state index is 0.0781. The number of methoxy groups -OCH3 is 1. The van der Waals surface area contributed by atoms with Crippen LogP contribution in [-0.2, 0) is 4.79 Å². The lowest BCUT2D eigenvalue weighted by molar-refractivity contribution is -0.120. The number of rotatable bonds is 3. The molecular weight excluding hydrogens is 308 g/mol. The third-order valence-electron chi connectivity index (χ3n) is 3.43. The number of carbonyl (C=O) groups excluding carboxylic acids is 1. The summed E-state index contributed by atoms with van der Waals surface area (Å²) in [4.78, 5) is 12.3. The molecule has 1 aliphatic rings. The summed E-state index contributed by atoms with van der Waals surface area (Å²) >= 11 is 3.44. The zero-order valence-corrected chi connectivity index (χ0v) is 12.8. The number of nitrogens with one attached hydrogen (secondary N) is 2. The van der Waals surface area contributed by atoms with E-state index in [0.29, 0.717) is 6.04 Å². The lowest BCUT2D eigenvalue weighted by atomic mass is 9.92. The normalized spacial score (nSPS) is 22.9. The average molecular weight is 327 g/mol. The van der Waals surface area contributed by atoms with E-state index < -0.39 is 0 Å². The van der Waals surface area contributed by atoms with E-state index in [1.807, 2.05) is 18.2 Å². The molecule has 5 heteroatoms. The van der Waals surface area contributed by atoms with Crippen molar-refractivity contribution in [3.63, 3.8) is 0 Å². The van der Waals surface area contributed by atoms with Crippen LogP contribution in [0.2, 0.25) is 0 Å². The van der Waals surface area contributed by atoms with Gasteiger partial charge >= 0.3 is 0 Å². The lowest BCUT2D eigenvalue weighted by Gasteiger charge is -2.27. The van der Waals surface area contributed by atoms with Crippen LogP contribution in [-0.4, -0.2) is 25.6 Å². The van der Waals surface area contributed by atoms with Gasteiger partial charge in [-0.15, -0.1) is 0 Å². The van der Waals surface area contributed by atoms with Gasteiger partial charge in [0.1, 0.15) is 5.75 Å². The van der Waals surface area contributed by atoms with Gasteiger partial charge in [-0.2, -0.15) is 0 Å². The van der Waals surface area contributed by atoms with Crippen molar-refractivity contribution < 1.29 is 9.53 Å². The molecule has 0 saturated carbocycles. The zero-order chi connectivity index (χ0) is 13.8. The van der Waals surface area contributed by atoms with Crippen molar-refractivity contribution >= 4 is 27.5 Å². The molecule has 0 bridgehead atoms. The van der Waals surface area contributed by atoms with Crippen molar-refractivity contribution in [2.24, 2.45) is 5.92 Å². The summed E-state index contributed by atoms with van der Waals surface area (Å²) in [5.41, 5.74) is 0.760. The fourth-order valence-corrected chi connectivity index (χ4v) is 2.68. The Morgan fingerprint density at radius 3 is 3.00 bits per heavy atom. The Balaban J connectivity index is 2.05. The van der Waals surface area contributed by atoms with Gasteiger partial charge in [-0.1, -0.05) is 0 Å². The Morgan fingerprint density at radius 2 is 2.32 bits per heavy atom. The maximum Gasteiger partial charge on any atom is 0.227 e. The minimum Gasteiger partial charge on any atom is -0.497 e. The van der Waals surface area contributed by atoms with Crippen LogP contribution in [0.5, 0.6) is 5.75 Å². The van der Waals surface area contributed by atoms with E-state index in [9.17, 15) is 4.79 Å². The van der Waals surface area contributed by atoms with Gasteiger partial charge in [0.05, 0.1) is 12.8 Å². The molecule has 1 saturated heterocycles. The molecule has 1 aliphatic heterocycles. The van der Waals surface area contributed by atoms with Crippen LogP contribution in [0.1, 0.15) is 19.8 Å². The van der Waals surface area contributed by atoms with Gasteiger partial charge in [0.2, 0.25) is 5.91 Å². The van der Waals surface area contributed by atoms with Gasteiger partial charge in [-0.3, -0.25) is 4.79 Å². The summed E-state index contributed by atoms with van der Waals surface area (Å²) in [6.45, 7) is 3.01. The molecule has 0 aliphatic carbocycles. The van der Waals surface area contributed by atoms with E-state index in [0.717, 1.165) is 35.3 Å². The Morgan fingerprint density at radius 1 is 1.53 bits per heavy atom. The molecule has 0 aromatic heterocycles. The van der Waals surface area contributed by atoms with Gasteiger partial charge in [-0.05, 0) is 54.4 Å². The fourth-order valence-electron chi connectivity index (χ4n) is 2.33. The summed E-state index contributed by atoms with van der Waals surface area (Å²) in [6.07, 6.45) is 1.77. The van der Waals surface area contributed by atoms with Gasteiger partial charge in [0, 0.05) is 22.5 Å². The number of anilines is 1. The van der Waals surface area contributed by atoms with Crippen LogP contribution in [0, 0.1) is 5.92 Å². The van der Waals surface area contributed by atoms with Crippen molar-refractivity contribution in [1.82, 2.24) is 5.32 Å². The first kappa shape index (κ1) is 14.3. The highest BCUT2D eigenvalue weighted by atomic mass is 79.9. The maximum absolute atomic E-state index is 12.3. The lowest BCUT2D eigenvalue weighted by Crippen LogP contribution is -2.40. The van der Waals surface area contributed by atoms with Crippen LogP contribution < -0.4 is 15.4 Å². The number of benzene rings is 1. The van der Waals surface area contributed by atoms with Crippen molar-refractivity contribution in [1.29, 1.82) is 0 Å². The molecule has 0 radical (unpaired) electrons. The molecule has 104 valence electrons. The van der Waals surface area contributed by atoms with Gasteiger partial charge < -0.3 is 15.4 Å². The van der Waals surface area contributed by atoms with Gasteiger partial charge in [-0.25, -0.2) is 0 Å². The van der Waals surface area contributed by atoms with E-state index in [1.54, 1.807) is 7.11 Å². The molecule has 2 rings (SSSR count). The fraction of sp³-hybridized carbons (Fsp3) is 0.500. The van der Waals surface area contributed by atoms with E-state index >= 15 is 0 Å². The Hall–Kier alpha value is -1.07. The zero-order valence-electron chi connectivity index (χ0n) is 11.2. The number of hydrogen-bond acceptors (Lipinski definition) is 3. The molecule has 1 aromatic carbocycles. The number of halogens is 1. The first-order valence-corrected chi connectivity index (χ1v) is 7.27. The minimum absolute atomic E-state index is 0.0781. The molecule has 2 unspecified atom stereocenters. The van der Waals surface area contributed by atoms with Crippen molar-refractivity contribution in [2.75, 3.05) is 19.0 Å². The van der Waals surface area contributed by atoms with Crippen LogP contribution in [0.4, 0.5) is 5.69 Å². The van der Waals surface area contributed by atoms with Gasteiger partial charge in [0.15, 0.2) is 0 Å². The second kappa shape index (κ2) is 6.39. The van der Waals surface area contributed by atoms with Crippen LogP contribution in [0.3, 0.4) is 0 Å². The Kier molecular flexibility index (Phi) is 4.82. The summed E-state index contributed by atoms with van der Waals surface area (Å²) in [6, 6.07) is 5.96. The summed E-state index contributed by atoms with van der Waals surface area (Å²) in [7, 11) is 1.61. The van der Waals surface area contributed by atoms with Crippen LogP contribution in [0.15, 0.2) is 22.7 Å². The Bertz CT molecular complexity index is 465. The first-order valence-electron chi connectivity index (χ1n) is 6.48. The Labute approximate surface area is 122 Å². The van der Waals surface area contributed by atoms with E-state index in [4.69, 9.17) is 4.74 Å². The highest BCUT2D eigenvalue weighted by Crippen LogP contribution is 2.28. The molecule has 1 aromatic rings. The monoisotopic (exact) mass is 326 g/mol. The number of amides is 1. The largest absolute Gasteiger partial charge is 0.497 e. The van der Waals surface area contributed by atoms with Gasteiger partial charge in [0.25, 0.3) is 0 Å². The summed E-state index contributed by atoms with van der Waals surface area (Å²) in [5, 5.41) is 6.33. The number of piperidine rings is 1. The van der Waals surface area contributed by atoms with E-state index in [-0.39, 0.29) is 11.8 Å². The number of ether oxygens (including phenoxy) is 1. The predicted octanol–water partition coefficient (Wildman–Crippen LogP) is 2.78. The van der Waals surface area contributed by atoms with Crippen LogP contribution >= 0.6 is 15.9 Å². The number of carbonyl (C=O) groups is 1.